The van der Waals surface area contributed by atoms with Crippen LogP contribution in [0.1, 0.15) is 36.9 Å². The third kappa shape index (κ3) is 3.02. The van der Waals surface area contributed by atoms with Crippen molar-refractivity contribution in [3.05, 3.63) is 38.8 Å². The van der Waals surface area contributed by atoms with E-state index >= 15 is 0 Å². The van der Waals surface area contributed by atoms with Gasteiger partial charge in [-0.05, 0) is 41.0 Å². The van der Waals surface area contributed by atoms with Crippen molar-refractivity contribution in [3.63, 3.8) is 0 Å². The lowest BCUT2D eigenvalue weighted by molar-refractivity contribution is 0.524. The molecule has 1 N–H and O–H groups in total. The number of halogens is 1. The minimum Gasteiger partial charge on any atom is -0.305 e. The van der Waals surface area contributed by atoms with Gasteiger partial charge in [-0.3, -0.25) is 4.68 Å². The number of hydrogen-bond donors (Lipinski definition) is 1. The van der Waals surface area contributed by atoms with E-state index in [4.69, 9.17) is 0 Å². The summed E-state index contributed by atoms with van der Waals surface area (Å²) in [5, 5.41) is 10.1. The highest BCUT2D eigenvalue weighted by atomic mass is 79.9. The Bertz CT molecular complexity index is 492. The van der Waals surface area contributed by atoms with Gasteiger partial charge in [0.2, 0.25) is 0 Å². The van der Waals surface area contributed by atoms with Crippen LogP contribution in [0.3, 0.4) is 0 Å². The third-order valence-electron chi connectivity index (χ3n) is 2.76. The second-order valence-electron chi connectivity index (χ2n) is 4.14. The summed E-state index contributed by atoms with van der Waals surface area (Å²) in [6.07, 6.45) is 2.99. The van der Waals surface area contributed by atoms with Crippen molar-refractivity contribution in [1.82, 2.24) is 15.1 Å². The van der Waals surface area contributed by atoms with E-state index in [0.717, 1.165) is 24.0 Å². The summed E-state index contributed by atoms with van der Waals surface area (Å²) in [6, 6.07) is 4.53. The molecule has 2 aromatic heterocycles. The molecule has 0 aliphatic heterocycles. The van der Waals surface area contributed by atoms with Crippen LogP contribution in [0, 0.1) is 0 Å². The van der Waals surface area contributed by atoms with Crippen LogP contribution in [-0.4, -0.2) is 16.3 Å². The Morgan fingerprint density at radius 1 is 1.50 bits per heavy atom. The quantitative estimate of drug-likeness (QED) is 0.874. The molecule has 2 rings (SSSR count). The predicted octanol–water partition coefficient (Wildman–Crippen LogP) is 3.82. The standard InChI is InChI=1S/C13H18BrN3S/c1-3-7-17-11(5-6-16-17)13(15-4-2)12-8-10(14)9-18-12/h5-6,8-9,13,15H,3-4,7H2,1-2H3. The van der Waals surface area contributed by atoms with Crippen LogP contribution in [0.15, 0.2) is 28.2 Å². The van der Waals surface area contributed by atoms with E-state index in [0.29, 0.717) is 0 Å². The number of rotatable bonds is 6. The SMILES string of the molecule is CCCn1nccc1C(NCC)c1cc(Br)cs1. The van der Waals surface area contributed by atoms with E-state index in [1.165, 1.54) is 10.6 Å². The summed E-state index contributed by atoms with van der Waals surface area (Å²) >= 11 is 5.30. The average molecular weight is 328 g/mol. The maximum absolute atomic E-state index is 4.41. The highest BCUT2D eigenvalue weighted by Crippen LogP contribution is 2.30. The van der Waals surface area contributed by atoms with Gasteiger partial charge in [0.25, 0.3) is 0 Å². The Kier molecular flexibility index (Phi) is 4.97. The van der Waals surface area contributed by atoms with Crippen molar-refractivity contribution in [2.24, 2.45) is 0 Å². The van der Waals surface area contributed by atoms with Crippen LogP contribution in [0.2, 0.25) is 0 Å². The Balaban J connectivity index is 2.31. The fourth-order valence-electron chi connectivity index (χ4n) is 2.02. The normalized spacial score (nSPS) is 12.8. The van der Waals surface area contributed by atoms with Crippen LogP contribution >= 0.6 is 27.3 Å². The molecule has 0 fully saturated rings. The van der Waals surface area contributed by atoms with Crippen LogP contribution in [0.4, 0.5) is 0 Å². The fourth-order valence-corrected chi connectivity index (χ4v) is 3.55. The first-order valence-corrected chi connectivity index (χ1v) is 7.92. The second-order valence-corrected chi connectivity index (χ2v) is 6.00. The Hall–Kier alpha value is -0.650. The first-order chi connectivity index (χ1) is 8.76. The Morgan fingerprint density at radius 3 is 2.94 bits per heavy atom. The van der Waals surface area contributed by atoms with E-state index < -0.39 is 0 Å². The van der Waals surface area contributed by atoms with Gasteiger partial charge < -0.3 is 5.32 Å². The molecular weight excluding hydrogens is 310 g/mol. The van der Waals surface area contributed by atoms with Crippen molar-refractivity contribution >= 4 is 27.3 Å². The summed E-state index contributed by atoms with van der Waals surface area (Å²) in [7, 11) is 0. The molecule has 0 aliphatic rings. The average Bonchev–Trinajstić information content (AvgIpc) is 2.96. The summed E-state index contributed by atoms with van der Waals surface area (Å²) in [5.74, 6) is 0. The van der Waals surface area contributed by atoms with E-state index in [2.05, 4.69) is 62.4 Å². The number of thiophene rings is 1. The predicted molar refractivity (Wildman–Crippen MR) is 80.1 cm³/mol. The van der Waals surface area contributed by atoms with Gasteiger partial charge in [0.1, 0.15) is 0 Å². The minimum absolute atomic E-state index is 0.236. The number of nitrogens with zero attached hydrogens (tertiary/aromatic N) is 2. The zero-order valence-corrected chi connectivity index (χ0v) is 13.1. The largest absolute Gasteiger partial charge is 0.305 e. The van der Waals surface area contributed by atoms with Crippen LogP contribution in [0.25, 0.3) is 0 Å². The zero-order valence-electron chi connectivity index (χ0n) is 10.7. The molecule has 0 bridgehead atoms. The molecular formula is C13H18BrN3S. The van der Waals surface area contributed by atoms with Gasteiger partial charge in [-0.25, -0.2) is 0 Å². The summed E-state index contributed by atoms with van der Waals surface area (Å²) in [5.41, 5.74) is 1.24. The maximum Gasteiger partial charge on any atom is 0.0842 e. The van der Waals surface area contributed by atoms with Crippen molar-refractivity contribution in [2.75, 3.05) is 6.54 Å². The van der Waals surface area contributed by atoms with Crippen LogP contribution in [0.5, 0.6) is 0 Å². The molecule has 5 heteroatoms. The molecule has 18 heavy (non-hydrogen) atoms. The molecule has 2 heterocycles. The molecule has 0 amide bonds. The molecule has 0 spiro atoms. The number of aromatic nitrogens is 2. The molecule has 3 nitrogen and oxygen atoms in total. The van der Waals surface area contributed by atoms with Gasteiger partial charge in [-0.15, -0.1) is 11.3 Å². The molecule has 0 saturated heterocycles. The lowest BCUT2D eigenvalue weighted by Gasteiger charge is -2.18. The van der Waals surface area contributed by atoms with Gasteiger partial charge in [-0.2, -0.15) is 5.10 Å². The Morgan fingerprint density at radius 2 is 2.33 bits per heavy atom. The van der Waals surface area contributed by atoms with Crippen molar-refractivity contribution in [2.45, 2.75) is 32.9 Å². The molecule has 98 valence electrons. The minimum atomic E-state index is 0.236. The van der Waals surface area contributed by atoms with Crippen LogP contribution in [-0.2, 0) is 6.54 Å². The van der Waals surface area contributed by atoms with Crippen LogP contribution < -0.4 is 5.32 Å². The van der Waals surface area contributed by atoms with Gasteiger partial charge in [-0.1, -0.05) is 13.8 Å². The van der Waals surface area contributed by atoms with E-state index in [9.17, 15) is 0 Å². The molecule has 0 aromatic carbocycles. The number of hydrogen-bond acceptors (Lipinski definition) is 3. The molecule has 0 radical (unpaired) electrons. The highest BCUT2D eigenvalue weighted by molar-refractivity contribution is 9.10. The first kappa shape index (κ1) is 13.8. The van der Waals surface area contributed by atoms with Gasteiger partial charge in [0.15, 0.2) is 0 Å². The summed E-state index contributed by atoms with van der Waals surface area (Å²) < 4.78 is 3.24. The first-order valence-electron chi connectivity index (χ1n) is 6.25. The molecule has 1 unspecified atom stereocenters. The monoisotopic (exact) mass is 327 g/mol. The second kappa shape index (κ2) is 6.50. The lowest BCUT2D eigenvalue weighted by atomic mass is 10.1. The zero-order chi connectivity index (χ0) is 13.0. The molecule has 1 atom stereocenters. The number of nitrogens with one attached hydrogen (secondary N) is 1. The van der Waals surface area contributed by atoms with Gasteiger partial charge in [0, 0.05) is 27.5 Å². The summed E-state index contributed by atoms with van der Waals surface area (Å²) in [6.45, 7) is 6.22. The van der Waals surface area contributed by atoms with Crippen molar-refractivity contribution in [1.29, 1.82) is 0 Å². The third-order valence-corrected chi connectivity index (χ3v) is 4.52. The van der Waals surface area contributed by atoms with E-state index in [1.807, 2.05) is 6.20 Å². The lowest BCUT2D eigenvalue weighted by Crippen LogP contribution is -2.24. The smallest absolute Gasteiger partial charge is 0.0842 e. The maximum atomic E-state index is 4.41. The molecule has 0 aliphatic carbocycles. The fraction of sp³-hybridized carbons (Fsp3) is 0.462. The molecule has 2 aromatic rings. The van der Waals surface area contributed by atoms with Crippen molar-refractivity contribution < 1.29 is 0 Å². The summed E-state index contributed by atoms with van der Waals surface area (Å²) in [4.78, 5) is 1.32. The number of aryl methyl sites for hydroxylation is 1. The Labute approximate surface area is 120 Å². The molecule has 0 saturated carbocycles. The van der Waals surface area contributed by atoms with E-state index in [-0.39, 0.29) is 6.04 Å². The van der Waals surface area contributed by atoms with Gasteiger partial charge in [0.05, 0.1) is 11.7 Å². The van der Waals surface area contributed by atoms with Crippen molar-refractivity contribution in [3.8, 4) is 0 Å². The van der Waals surface area contributed by atoms with Gasteiger partial charge >= 0.3 is 0 Å². The topological polar surface area (TPSA) is 29.9 Å². The van der Waals surface area contributed by atoms with E-state index in [1.54, 1.807) is 11.3 Å². The highest BCUT2D eigenvalue weighted by Gasteiger charge is 2.18.